The molecule has 0 radical (unpaired) electrons. The number of hydrogen-bond acceptors (Lipinski definition) is 5. The molecule has 1 aliphatic heterocycles. The minimum Gasteiger partial charge on any atom is -0.384 e. The standard InChI is InChI=1S/C17H23N5O2/c1-13-9-20-22(10-13)12-17(23)21-6-7-24-15(11-21)3-2-14-4-5-19-16(18)8-14/h4-5,8-10,15H,2-3,6-7,11-12H2,1H3,(H2,18,19)/t15-/m1/s1. The van der Waals surface area contributed by atoms with E-state index in [2.05, 4.69) is 10.1 Å². The van der Waals surface area contributed by atoms with Gasteiger partial charge in [0.25, 0.3) is 0 Å². The van der Waals surface area contributed by atoms with Crippen LogP contribution in [0.1, 0.15) is 17.5 Å². The van der Waals surface area contributed by atoms with Crippen LogP contribution in [-0.2, 0) is 22.5 Å². The molecular formula is C17H23N5O2. The number of nitrogens with zero attached hydrogens (tertiary/aromatic N) is 4. The molecule has 1 amide bonds. The van der Waals surface area contributed by atoms with Gasteiger partial charge in [0.15, 0.2) is 0 Å². The molecular weight excluding hydrogens is 306 g/mol. The van der Waals surface area contributed by atoms with Gasteiger partial charge in [-0.2, -0.15) is 5.10 Å². The number of aryl methyl sites for hydroxylation is 2. The van der Waals surface area contributed by atoms with Crippen LogP contribution >= 0.6 is 0 Å². The molecule has 3 heterocycles. The Morgan fingerprint density at radius 3 is 3.12 bits per heavy atom. The van der Waals surface area contributed by atoms with Crippen molar-refractivity contribution in [2.45, 2.75) is 32.4 Å². The number of hydrogen-bond donors (Lipinski definition) is 1. The van der Waals surface area contributed by atoms with Gasteiger partial charge in [-0.1, -0.05) is 0 Å². The Kier molecular flexibility index (Phi) is 5.10. The van der Waals surface area contributed by atoms with Gasteiger partial charge in [0, 0.05) is 25.5 Å². The largest absolute Gasteiger partial charge is 0.384 e. The molecule has 0 aromatic carbocycles. The fourth-order valence-electron chi connectivity index (χ4n) is 2.89. The summed E-state index contributed by atoms with van der Waals surface area (Å²) in [5.41, 5.74) is 7.90. The maximum absolute atomic E-state index is 12.4. The average Bonchev–Trinajstić information content (AvgIpc) is 2.98. The minimum atomic E-state index is 0.0523. The second-order valence-corrected chi connectivity index (χ2v) is 6.18. The zero-order valence-corrected chi connectivity index (χ0v) is 13.9. The van der Waals surface area contributed by atoms with Crippen LogP contribution in [0.3, 0.4) is 0 Å². The second kappa shape index (κ2) is 7.44. The molecule has 1 fully saturated rings. The molecule has 2 aromatic heterocycles. The van der Waals surface area contributed by atoms with Gasteiger partial charge in [0.2, 0.25) is 5.91 Å². The predicted molar refractivity (Wildman–Crippen MR) is 90.3 cm³/mol. The molecule has 24 heavy (non-hydrogen) atoms. The molecule has 0 saturated carbocycles. The molecule has 1 atom stereocenters. The van der Waals surface area contributed by atoms with Gasteiger partial charge in [0.05, 0.1) is 18.9 Å². The quantitative estimate of drug-likeness (QED) is 0.885. The smallest absolute Gasteiger partial charge is 0.244 e. The normalized spacial score (nSPS) is 17.9. The van der Waals surface area contributed by atoms with Crippen LogP contribution in [0.5, 0.6) is 0 Å². The van der Waals surface area contributed by atoms with E-state index in [1.54, 1.807) is 17.1 Å². The van der Waals surface area contributed by atoms with E-state index in [1.165, 1.54) is 0 Å². The second-order valence-electron chi connectivity index (χ2n) is 6.18. The Balaban J connectivity index is 1.51. The van der Waals surface area contributed by atoms with E-state index in [4.69, 9.17) is 10.5 Å². The lowest BCUT2D eigenvalue weighted by Gasteiger charge is -2.33. The highest BCUT2D eigenvalue weighted by molar-refractivity contribution is 5.76. The van der Waals surface area contributed by atoms with Gasteiger partial charge >= 0.3 is 0 Å². The van der Waals surface area contributed by atoms with E-state index >= 15 is 0 Å². The number of amides is 1. The summed E-state index contributed by atoms with van der Waals surface area (Å²) in [6.07, 6.45) is 7.12. The molecule has 0 aliphatic carbocycles. The number of carbonyl (C=O) groups is 1. The third-order valence-electron chi connectivity index (χ3n) is 4.15. The first-order valence-corrected chi connectivity index (χ1v) is 8.19. The van der Waals surface area contributed by atoms with Crippen LogP contribution in [-0.4, -0.2) is 51.4 Å². The first kappa shape index (κ1) is 16.4. The number of nitrogens with two attached hydrogens (primary N) is 1. The predicted octanol–water partition coefficient (Wildman–Crippen LogP) is 1.03. The van der Waals surface area contributed by atoms with E-state index in [0.717, 1.165) is 24.0 Å². The molecule has 128 valence electrons. The summed E-state index contributed by atoms with van der Waals surface area (Å²) in [6.45, 7) is 4.08. The number of pyridine rings is 1. The summed E-state index contributed by atoms with van der Waals surface area (Å²) in [6, 6.07) is 3.84. The highest BCUT2D eigenvalue weighted by Crippen LogP contribution is 2.14. The number of rotatable bonds is 5. The van der Waals surface area contributed by atoms with Crippen molar-refractivity contribution in [1.82, 2.24) is 19.7 Å². The summed E-state index contributed by atoms with van der Waals surface area (Å²) in [5, 5.41) is 4.17. The molecule has 1 saturated heterocycles. The molecule has 0 spiro atoms. The maximum atomic E-state index is 12.4. The number of aromatic nitrogens is 3. The Morgan fingerprint density at radius 1 is 1.50 bits per heavy atom. The Labute approximate surface area is 141 Å². The summed E-state index contributed by atoms with van der Waals surface area (Å²) >= 11 is 0. The van der Waals surface area contributed by atoms with Gasteiger partial charge < -0.3 is 15.4 Å². The molecule has 2 N–H and O–H groups in total. The number of morpholine rings is 1. The van der Waals surface area contributed by atoms with Crippen molar-refractivity contribution in [3.8, 4) is 0 Å². The Bertz CT molecular complexity index is 700. The van der Waals surface area contributed by atoms with Crippen molar-refractivity contribution < 1.29 is 9.53 Å². The molecule has 2 aromatic rings. The molecule has 0 unspecified atom stereocenters. The van der Waals surface area contributed by atoms with Gasteiger partial charge in [-0.3, -0.25) is 9.48 Å². The SMILES string of the molecule is Cc1cnn(CC(=O)N2CCO[C@H](CCc3ccnc(N)c3)C2)c1. The number of carbonyl (C=O) groups excluding carboxylic acids is 1. The molecule has 0 bridgehead atoms. The van der Waals surface area contributed by atoms with E-state index in [-0.39, 0.29) is 18.6 Å². The highest BCUT2D eigenvalue weighted by atomic mass is 16.5. The van der Waals surface area contributed by atoms with E-state index in [0.29, 0.717) is 25.5 Å². The number of anilines is 1. The minimum absolute atomic E-state index is 0.0523. The van der Waals surface area contributed by atoms with Crippen molar-refractivity contribution >= 4 is 11.7 Å². The highest BCUT2D eigenvalue weighted by Gasteiger charge is 2.24. The third-order valence-corrected chi connectivity index (χ3v) is 4.15. The van der Waals surface area contributed by atoms with Gasteiger partial charge in [-0.25, -0.2) is 4.98 Å². The number of nitrogen functional groups attached to an aromatic ring is 1. The van der Waals surface area contributed by atoms with Crippen LogP contribution in [0, 0.1) is 6.92 Å². The van der Waals surface area contributed by atoms with Crippen molar-refractivity contribution in [3.05, 3.63) is 41.9 Å². The fraction of sp³-hybridized carbons (Fsp3) is 0.471. The van der Waals surface area contributed by atoms with Crippen LogP contribution in [0.15, 0.2) is 30.7 Å². The van der Waals surface area contributed by atoms with Crippen LogP contribution in [0.2, 0.25) is 0 Å². The Hall–Kier alpha value is -2.41. The monoisotopic (exact) mass is 329 g/mol. The molecule has 1 aliphatic rings. The van der Waals surface area contributed by atoms with Crippen molar-refractivity contribution in [3.63, 3.8) is 0 Å². The van der Waals surface area contributed by atoms with Crippen molar-refractivity contribution in [2.24, 2.45) is 0 Å². The van der Waals surface area contributed by atoms with Crippen LogP contribution in [0.25, 0.3) is 0 Å². The molecule has 7 nitrogen and oxygen atoms in total. The van der Waals surface area contributed by atoms with E-state index in [9.17, 15) is 4.79 Å². The average molecular weight is 329 g/mol. The third kappa shape index (κ3) is 4.32. The van der Waals surface area contributed by atoms with Gasteiger partial charge in [-0.05, 0) is 43.0 Å². The topological polar surface area (TPSA) is 86.3 Å². The number of ether oxygens (including phenoxy) is 1. The summed E-state index contributed by atoms with van der Waals surface area (Å²) in [7, 11) is 0. The first-order chi connectivity index (χ1) is 11.6. The Morgan fingerprint density at radius 2 is 2.38 bits per heavy atom. The summed E-state index contributed by atoms with van der Waals surface area (Å²) in [5.74, 6) is 0.614. The maximum Gasteiger partial charge on any atom is 0.244 e. The lowest BCUT2D eigenvalue weighted by atomic mass is 10.1. The molecule has 7 heteroatoms. The van der Waals surface area contributed by atoms with E-state index < -0.39 is 0 Å². The zero-order valence-electron chi connectivity index (χ0n) is 13.9. The zero-order chi connectivity index (χ0) is 16.9. The van der Waals surface area contributed by atoms with Gasteiger partial charge in [-0.15, -0.1) is 0 Å². The summed E-state index contributed by atoms with van der Waals surface area (Å²) < 4.78 is 7.48. The lowest BCUT2D eigenvalue weighted by molar-refractivity contribution is -0.139. The van der Waals surface area contributed by atoms with Crippen molar-refractivity contribution in [1.29, 1.82) is 0 Å². The fourth-order valence-corrected chi connectivity index (χ4v) is 2.89. The van der Waals surface area contributed by atoms with Gasteiger partial charge in [0.1, 0.15) is 12.4 Å². The molecule has 3 rings (SSSR count). The summed E-state index contributed by atoms with van der Waals surface area (Å²) in [4.78, 5) is 18.3. The van der Waals surface area contributed by atoms with Crippen LogP contribution in [0.4, 0.5) is 5.82 Å². The lowest BCUT2D eigenvalue weighted by Crippen LogP contribution is -2.46. The van der Waals surface area contributed by atoms with Crippen LogP contribution < -0.4 is 5.73 Å². The first-order valence-electron chi connectivity index (χ1n) is 8.19. The van der Waals surface area contributed by atoms with E-state index in [1.807, 2.05) is 30.2 Å². The van der Waals surface area contributed by atoms with Crippen molar-refractivity contribution in [2.75, 3.05) is 25.4 Å².